The average molecular weight is 381 g/mol. The second kappa shape index (κ2) is 8.93. The number of carbonyl (C=O) groups excluding carboxylic acids is 2. The van der Waals surface area contributed by atoms with Gasteiger partial charge in [-0.15, -0.1) is 0 Å². The van der Waals surface area contributed by atoms with Crippen molar-refractivity contribution in [3.05, 3.63) is 0 Å². The first-order valence-electron chi connectivity index (χ1n) is 10.9. The lowest BCUT2D eigenvalue weighted by Gasteiger charge is -2.30. The van der Waals surface area contributed by atoms with Crippen molar-refractivity contribution in [3.63, 3.8) is 0 Å². The van der Waals surface area contributed by atoms with Gasteiger partial charge in [0.25, 0.3) is 0 Å². The first-order valence-corrected chi connectivity index (χ1v) is 10.9. The molecule has 154 valence electrons. The van der Waals surface area contributed by atoms with Crippen LogP contribution in [0.25, 0.3) is 0 Å². The number of hydrogen-bond donors (Lipinski definition) is 0. The van der Waals surface area contributed by atoms with Crippen LogP contribution in [0.15, 0.2) is 0 Å². The summed E-state index contributed by atoms with van der Waals surface area (Å²) in [6.45, 7) is 6.64. The Labute approximate surface area is 163 Å². The van der Waals surface area contributed by atoms with E-state index in [0.29, 0.717) is 18.4 Å². The summed E-state index contributed by atoms with van der Waals surface area (Å²) in [5, 5.41) is 0. The van der Waals surface area contributed by atoms with Crippen molar-refractivity contribution >= 4 is 11.9 Å². The molecule has 0 aromatic heterocycles. The van der Waals surface area contributed by atoms with Gasteiger partial charge in [0.2, 0.25) is 0 Å². The van der Waals surface area contributed by atoms with Crippen molar-refractivity contribution in [3.8, 4) is 0 Å². The highest BCUT2D eigenvalue weighted by Gasteiger charge is 2.51. The third-order valence-electron chi connectivity index (χ3n) is 7.15. The van der Waals surface area contributed by atoms with Gasteiger partial charge in [0, 0.05) is 0 Å². The number of esters is 2. The Balaban J connectivity index is 1.36. The van der Waals surface area contributed by atoms with E-state index in [1.54, 1.807) is 0 Å². The molecule has 2 bridgehead atoms. The third kappa shape index (κ3) is 5.04. The molecule has 4 atom stereocenters. The van der Waals surface area contributed by atoms with Gasteiger partial charge in [0.15, 0.2) is 6.79 Å². The normalized spacial score (nSPS) is 31.1. The Kier molecular flexibility index (Phi) is 6.83. The van der Waals surface area contributed by atoms with Crippen LogP contribution in [0.4, 0.5) is 0 Å². The van der Waals surface area contributed by atoms with Gasteiger partial charge < -0.3 is 14.2 Å². The maximum absolute atomic E-state index is 12.4. The van der Waals surface area contributed by atoms with E-state index >= 15 is 0 Å². The summed E-state index contributed by atoms with van der Waals surface area (Å²) < 4.78 is 16.8. The van der Waals surface area contributed by atoms with Crippen LogP contribution in [0.5, 0.6) is 0 Å². The van der Waals surface area contributed by atoms with Gasteiger partial charge in [-0.25, -0.2) is 0 Å². The van der Waals surface area contributed by atoms with Gasteiger partial charge in [-0.3, -0.25) is 9.59 Å². The minimum atomic E-state index is -0.435. The van der Waals surface area contributed by atoms with E-state index in [2.05, 4.69) is 0 Å². The number of carbonyl (C=O) groups is 2. The Hall–Kier alpha value is -1.10. The molecule has 4 unspecified atom stereocenters. The molecule has 3 rings (SSSR count). The molecule has 27 heavy (non-hydrogen) atoms. The Bertz CT molecular complexity index is 523. The molecule has 3 fully saturated rings. The quantitative estimate of drug-likeness (QED) is 0.353. The SMILES string of the molecule is CCC(C)(C)C(=O)OC1CC2CC1CC2C(=O)OCOCC1CCCCC1. The van der Waals surface area contributed by atoms with Gasteiger partial charge in [-0.05, 0) is 70.1 Å². The van der Waals surface area contributed by atoms with Crippen molar-refractivity contribution in [2.24, 2.45) is 29.1 Å². The number of fused-ring (bicyclic) bond motifs is 2. The fraction of sp³-hybridized carbons (Fsp3) is 0.909. The Morgan fingerprint density at radius 3 is 2.37 bits per heavy atom. The summed E-state index contributed by atoms with van der Waals surface area (Å²) >= 11 is 0. The molecular formula is C22H36O5. The van der Waals surface area contributed by atoms with Crippen LogP contribution in [-0.2, 0) is 23.8 Å². The fourth-order valence-corrected chi connectivity index (χ4v) is 4.87. The van der Waals surface area contributed by atoms with E-state index in [0.717, 1.165) is 25.7 Å². The highest BCUT2D eigenvalue weighted by molar-refractivity contribution is 5.76. The van der Waals surface area contributed by atoms with Crippen molar-refractivity contribution < 1.29 is 23.8 Å². The van der Waals surface area contributed by atoms with Crippen molar-refractivity contribution in [2.75, 3.05) is 13.4 Å². The highest BCUT2D eigenvalue weighted by Crippen LogP contribution is 2.50. The van der Waals surface area contributed by atoms with Crippen LogP contribution in [0.1, 0.15) is 78.6 Å². The molecular weight excluding hydrogens is 344 g/mol. The lowest BCUT2D eigenvalue weighted by molar-refractivity contribution is -0.168. The zero-order valence-electron chi connectivity index (χ0n) is 17.2. The lowest BCUT2D eigenvalue weighted by atomic mass is 9.86. The maximum atomic E-state index is 12.4. The number of rotatable bonds is 8. The summed E-state index contributed by atoms with van der Waals surface area (Å²) in [4.78, 5) is 24.7. The van der Waals surface area contributed by atoms with Crippen LogP contribution >= 0.6 is 0 Å². The molecule has 0 spiro atoms. The van der Waals surface area contributed by atoms with Crippen molar-refractivity contribution in [1.29, 1.82) is 0 Å². The zero-order valence-corrected chi connectivity index (χ0v) is 17.2. The first-order chi connectivity index (χ1) is 12.9. The second-order valence-electron chi connectivity index (χ2n) is 9.47. The van der Waals surface area contributed by atoms with E-state index in [9.17, 15) is 9.59 Å². The highest BCUT2D eigenvalue weighted by atomic mass is 16.7. The molecule has 0 saturated heterocycles. The monoisotopic (exact) mass is 380 g/mol. The summed E-state index contributed by atoms with van der Waals surface area (Å²) in [5.41, 5.74) is -0.435. The molecule has 5 heteroatoms. The van der Waals surface area contributed by atoms with Gasteiger partial charge in [0.05, 0.1) is 17.9 Å². The second-order valence-corrected chi connectivity index (χ2v) is 9.47. The molecule has 0 aromatic rings. The molecule has 5 nitrogen and oxygen atoms in total. The molecule has 0 aromatic carbocycles. The fourth-order valence-electron chi connectivity index (χ4n) is 4.87. The van der Waals surface area contributed by atoms with Crippen LogP contribution in [0.2, 0.25) is 0 Å². The molecule has 0 aliphatic heterocycles. The van der Waals surface area contributed by atoms with Crippen LogP contribution in [0, 0.1) is 29.1 Å². The Morgan fingerprint density at radius 2 is 1.74 bits per heavy atom. The summed E-state index contributed by atoms with van der Waals surface area (Å²) in [6.07, 6.45) is 9.65. The van der Waals surface area contributed by atoms with Crippen LogP contribution in [0.3, 0.4) is 0 Å². The predicted octanol–water partition coefficient (Wildman–Crippen LogP) is 4.48. The predicted molar refractivity (Wildman–Crippen MR) is 102 cm³/mol. The molecule has 0 heterocycles. The average Bonchev–Trinajstić information content (AvgIpc) is 3.26. The van der Waals surface area contributed by atoms with E-state index in [1.165, 1.54) is 32.1 Å². The van der Waals surface area contributed by atoms with E-state index in [1.807, 2.05) is 20.8 Å². The van der Waals surface area contributed by atoms with E-state index in [4.69, 9.17) is 14.2 Å². The topological polar surface area (TPSA) is 61.8 Å². The molecule has 0 amide bonds. The van der Waals surface area contributed by atoms with Gasteiger partial charge in [-0.2, -0.15) is 0 Å². The van der Waals surface area contributed by atoms with Gasteiger partial charge >= 0.3 is 11.9 Å². The maximum Gasteiger partial charge on any atom is 0.311 e. The molecule has 3 aliphatic carbocycles. The van der Waals surface area contributed by atoms with Crippen LogP contribution in [-0.4, -0.2) is 31.4 Å². The van der Waals surface area contributed by atoms with Crippen molar-refractivity contribution in [2.45, 2.75) is 84.7 Å². The van der Waals surface area contributed by atoms with Crippen molar-refractivity contribution in [1.82, 2.24) is 0 Å². The largest absolute Gasteiger partial charge is 0.462 e. The minimum absolute atomic E-state index is 0.0278. The molecule has 0 radical (unpaired) electrons. The van der Waals surface area contributed by atoms with Gasteiger partial charge in [-0.1, -0.05) is 26.2 Å². The summed E-state index contributed by atoms with van der Waals surface area (Å²) in [6, 6.07) is 0. The smallest absolute Gasteiger partial charge is 0.311 e. The molecule has 3 saturated carbocycles. The van der Waals surface area contributed by atoms with E-state index < -0.39 is 5.41 Å². The Morgan fingerprint density at radius 1 is 1.00 bits per heavy atom. The zero-order chi connectivity index (χ0) is 19.4. The lowest BCUT2D eigenvalue weighted by Crippen LogP contribution is -2.35. The third-order valence-corrected chi connectivity index (χ3v) is 7.15. The number of ether oxygens (including phenoxy) is 3. The van der Waals surface area contributed by atoms with E-state index in [-0.39, 0.29) is 36.7 Å². The minimum Gasteiger partial charge on any atom is -0.462 e. The standard InChI is InChI=1S/C22H36O5/c1-4-22(2,3)21(24)27-19-12-16-10-17(19)11-18(16)20(23)26-14-25-13-15-8-6-5-7-9-15/h15-19H,4-14H2,1-3H3. The molecule has 3 aliphatic rings. The summed E-state index contributed by atoms with van der Waals surface area (Å²) in [5.74, 6) is 0.906. The summed E-state index contributed by atoms with van der Waals surface area (Å²) in [7, 11) is 0. The number of hydrogen-bond acceptors (Lipinski definition) is 5. The van der Waals surface area contributed by atoms with Gasteiger partial charge in [0.1, 0.15) is 6.10 Å². The first kappa shape index (κ1) is 20.6. The molecule has 0 N–H and O–H groups in total. The van der Waals surface area contributed by atoms with Crippen LogP contribution < -0.4 is 0 Å².